The maximum absolute atomic E-state index is 15.7. The number of rotatable bonds is 10. The number of piperazine rings is 1. The lowest BCUT2D eigenvalue weighted by Crippen LogP contribution is -2.46. The first-order valence-electron chi connectivity index (χ1n) is 18.4. The number of halogens is 3. The summed E-state index contributed by atoms with van der Waals surface area (Å²) < 4.78 is 55.8. The Balaban J connectivity index is 0.927. The second kappa shape index (κ2) is 14.7. The van der Waals surface area contributed by atoms with Crippen molar-refractivity contribution in [2.24, 2.45) is 7.05 Å². The van der Waals surface area contributed by atoms with Crippen LogP contribution in [0, 0.1) is 24.4 Å². The molecule has 2 fully saturated rings. The summed E-state index contributed by atoms with van der Waals surface area (Å²) in [6, 6.07) is 18.9. The van der Waals surface area contributed by atoms with Gasteiger partial charge < -0.3 is 18.8 Å². The van der Waals surface area contributed by atoms with Crippen LogP contribution in [0.5, 0.6) is 0 Å². The summed E-state index contributed by atoms with van der Waals surface area (Å²) in [6.07, 6.45) is 4.14. The number of benzene rings is 3. The van der Waals surface area contributed by atoms with Crippen molar-refractivity contribution >= 4 is 17.5 Å². The van der Waals surface area contributed by atoms with E-state index in [0.717, 1.165) is 34.3 Å². The van der Waals surface area contributed by atoms with E-state index in [0.29, 0.717) is 67.9 Å². The third-order valence-electron chi connectivity index (χ3n) is 10.6. The fraction of sp³-hybridized carbons (Fsp3) is 0.317. The number of carbonyl (C=O) groups excluding carboxylic acids is 1. The molecule has 0 radical (unpaired) electrons. The molecule has 0 unspecified atom stereocenters. The van der Waals surface area contributed by atoms with Gasteiger partial charge in [0.15, 0.2) is 0 Å². The van der Waals surface area contributed by atoms with E-state index in [4.69, 9.17) is 4.74 Å². The maximum Gasteiger partial charge on any atom is 0.414 e. The predicted molar refractivity (Wildman–Crippen MR) is 204 cm³/mol. The van der Waals surface area contributed by atoms with E-state index in [9.17, 15) is 9.18 Å². The van der Waals surface area contributed by atoms with Crippen molar-refractivity contribution in [2.45, 2.75) is 45.9 Å². The minimum absolute atomic E-state index is 0.247. The molecule has 8 rings (SSSR count). The number of ether oxygens (including phenoxy) is 1. The van der Waals surface area contributed by atoms with Gasteiger partial charge in [0, 0.05) is 51.5 Å². The van der Waals surface area contributed by atoms with Crippen molar-refractivity contribution in [3.63, 3.8) is 0 Å². The average molecular weight is 750 g/mol. The predicted octanol–water partition coefficient (Wildman–Crippen LogP) is 7.33. The number of anilines is 2. The van der Waals surface area contributed by atoms with Crippen LogP contribution in [0.25, 0.3) is 28.3 Å². The van der Waals surface area contributed by atoms with Crippen molar-refractivity contribution in [3.8, 4) is 28.3 Å². The highest BCUT2D eigenvalue weighted by atomic mass is 19.1. The van der Waals surface area contributed by atoms with E-state index in [2.05, 4.69) is 52.2 Å². The second-order valence-electron chi connectivity index (χ2n) is 14.6. The third kappa shape index (κ3) is 7.21. The molecule has 0 N–H and O–H groups in total. The summed E-state index contributed by atoms with van der Waals surface area (Å²) in [5, 5.41) is 8.38. The zero-order valence-corrected chi connectivity index (χ0v) is 31.2. The van der Waals surface area contributed by atoms with E-state index in [1.807, 2.05) is 40.1 Å². The Morgan fingerprint density at radius 3 is 2.33 bits per heavy atom. The lowest BCUT2D eigenvalue weighted by atomic mass is 10.0. The molecule has 2 saturated heterocycles. The quantitative estimate of drug-likeness (QED) is 0.145. The Labute approximate surface area is 317 Å². The minimum Gasteiger partial charge on any atom is -0.442 e. The van der Waals surface area contributed by atoms with Gasteiger partial charge in [-0.1, -0.05) is 43.3 Å². The summed E-state index contributed by atoms with van der Waals surface area (Å²) in [5.41, 5.74) is 7.54. The van der Waals surface area contributed by atoms with Crippen molar-refractivity contribution in [1.82, 2.24) is 34.0 Å². The van der Waals surface area contributed by atoms with E-state index in [-0.39, 0.29) is 6.54 Å². The number of carbonyl (C=O) groups is 1. The Bertz CT molecular complexity index is 2340. The fourth-order valence-corrected chi connectivity index (χ4v) is 7.50. The summed E-state index contributed by atoms with van der Waals surface area (Å²) in [5.74, 6) is -1.29. The maximum atomic E-state index is 15.7. The van der Waals surface area contributed by atoms with Gasteiger partial charge in [-0.15, -0.1) is 5.10 Å². The van der Waals surface area contributed by atoms with E-state index >= 15 is 8.78 Å². The first kappa shape index (κ1) is 36.1. The Kier molecular flexibility index (Phi) is 9.68. The first-order valence-corrected chi connectivity index (χ1v) is 18.4. The molecule has 0 bridgehead atoms. The number of aromatic nitrogens is 6. The molecule has 5 heterocycles. The summed E-state index contributed by atoms with van der Waals surface area (Å²) >= 11 is 0. The van der Waals surface area contributed by atoms with E-state index in [1.165, 1.54) is 28.7 Å². The largest absolute Gasteiger partial charge is 0.442 e. The normalized spacial score (nSPS) is 16.4. The summed E-state index contributed by atoms with van der Waals surface area (Å²) in [7, 11) is 1.87. The standard InChI is InChI=1S/C41H42F3N9O2/c1-26(2)28-5-7-29(8-6-28)39-17-30(27(3)53(39)38-11-9-31(42)18-34(38)43)21-49-13-15-50(16-14-49)37-12-10-32(19-35(37)44)52-23-33(55-41(52)54)22-51-24-36(46-47-51)40-20-45-25-48(40)4/h5-12,17-20,24-26,33H,13-16,21-23H2,1-4H3/t33-/m0/s1. The van der Waals surface area contributed by atoms with Gasteiger partial charge in [0.05, 0.1) is 60.3 Å². The van der Waals surface area contributed by atoms with Crippen LogP contribution in [-0.4, -0.2) is 78.9 Å². The molecule has 2 aliphatic rings. The van der Waals surface area contributed by atoms with Crippen LogP contribution in [0.1, 0.15) is 36.6 Å². The molecule has 0 spiro atoms. The van der Waals surface area contributed by atoms with Crippen molar-refractivity contribution in [1.29, 1.82) is 0 Å². The third-order valence-corrected chi connectivity index (χ3v) is 10.6. The van der Waals surface area contributed by atoms with Crippen LogP contribution in [0.4, 0.5) is 29.3 Å². The molecule has 1 amide bonds. The Hall–Kier alpha value is -5.89. The summed E-state index contributed by atoms with van der Waals surface area (Å²) in [4.78, 5) is 22.7. The number of hydrogen-bond donors (Lipinski definition) is 0. The van der Waals surface area contributed by atoms with Gasteiger partial charge >= 0.3 is 6.09 Å². The van der Waals surface area contributed by atoms with Crippen LogP contribution in [0.2, 0.25) is 0 Å². The molecule has 6 aromatic rings. The topological polar surface area (TPSA) is 89.5 Å². The highest BCUT2D eigenvalue weighted by molar-refractivity contribution is 5.90. The van der Waals surface area contributed by atoms with Crippen molar-refractivity contribution in [3.05, 3.63) is 120 Å². The molecule has 1 atom stereocenters. The lowest BCUT2D eigenvalue weighted by molar-refractivity contribution is 0.129. The highest BCUT2D eigenvalue weighted by Gasteiger charge is 2.34. The molecule has 55 heavy (non-hydrogen) atoms. The lowest BCUT2D eigenvalue weighted by Gasteiger charge is -2.36. The molecule has 3 aromatic carbocycles. The molecule has 284 valence electrons. The monoisotopic (exact) mass is 749 g/mol. The van der Waals surface area contributed by atoms with E-state index in [1.54, 1.807) is 35.5 Å². The van der Waals surface area contributed by atoms with Gasteiger partial charge in [0.1, 0.15) is 29.2 Å². The number of hydrogen-bond acceptors (Lipinski definition) is 7. The number of aryl methyl sites for hydroxylation is 1. The molecule has 0 aliphatic carbocycles. The zero-order chi connectivity index (χ0) is 38.4. The van der Waals surface area contributed by atoms with Gasteiger partial charge in [-0.2, -0.15) is 0 Å². The molecule has 2 aliphatic heterocycles. The smallest absolute Gasteiger partial charge is 0.414 e. The van der Waals surface area contributed by atoms with Gasteiger partial charge in [0.25, 0.3) is 0 Å². The molecule has 0 saturated carbocycles. The molecule has 3 aromatic heterocycles. The van der Waals surface area contributed by atoms with Crippen LogP contribution in [-0.2, 0) is 24.9 Å². The SMILES string of the molecule is Cc1c(CN2CCN(c3ccc(N4C[C@H](Cn5cc(-c6cncn6C)nn5)OC4=O)cc3F)CC2)cc(-c2ccc(C(C)C)cc2)n1-c1ccc(F)cc1F. The Morgan fingerprint density at radius 2 is 1.64 bits per heavy atom. The molecular weight excluding hydrogens is 708 g/mol. The minimum atomic E-state index is -0.629. The fourth-order valence-electron chi connectivity index (χ4n) is 7.50. The molecular formula is C41H42F3N9O2. The van der Waals surface area contributed by atoms with Crippen LogP contribution >= 0.6 is 0 Å². The highest BCUT2D eigenvalue weighted by Crippen LogP contribution is 2.34. The van der Waals surface area contributed by atoms with E-state index < -0.39 is 29.6 Å². The first-order chi connectivity index (χ1) is 26.5. The second-order valence-corrected chi connectivity index (χ2v) is 14.6. The van der Waals surface area contributed by atoms with Crippen LogP contribution < -0.4 is 9.80 Å². The van der Waals surface area contributed by atoms with Crippen molar-refractivity contribution in [2.75, 3.05) is 42.5 Å². The Morgan fingerprint density at radius 1 is 0.891 bits per heavy atom. The van der Waals surface area contributed by atoms with Gasteiger partial charge in [-0.05, 0) is 65.9 Å². The van der Waals surface area contributed by atoms with Gasteiger partial charge in [-0.3, -0.25) is 9.80 Å². The van der Waals surface area contributed by atoms with Crippen LogP contribution in [0.3, 0.4) is 0 Å². The number of nitrogens with zero attached hydrogens (tertiary/aromatic N) is 9. The average Bonchev–Trinajstić information content (AvgIpc) is 3.96. The summed E-state index contributed by atoms with van der Waals surface area (Å²) in [6.45, 7) is 9.96. The molecule has 11 nitrogen and oxygen atoms in total. The van der Waals surface area contributed by atoms with Gasteiger partial charge in [0.2, 0.25) is 0 Å². The molecule has 14 heteroatoms. The zero-order valence-electron chi connectivity index (χ0n) is 31.2. The number of amides is 1. The van der Waals surface area contributed by atoms with Crippen LogP contribution in [0.15, 0.2) is 85.5 Å². The van der Waals surface area contributed by atoms with Crippen molar-refractivity contribution < 1.29 is 22.7 Å². The van der Waals surface area contributed by atoms with Gasteiger partial charge in [-0.25, -0.2) is 27.6 Å². The number of imidazole rings is 1. The number of cyclic esters (lactones) is 1.